The lowest BCUT2D eigenvalue weighted by Crippen LogP contribution is -2.37. The fourth-order valence-corrected chi connectivity index (χ4v) is 2.30. The van der Waals surface area contributed by atoms with E-state index in [9.17, 15) is 8.42 Å². The number of aromatic nitrogens is 3. The van der Waals surface area contributed by atoms with Crippen molar-refractivity contribution in [3.8, 4) is 0 Å². The first-order chi connectivity index (χ1) is 9.44. The second-order valence-corrected chi connectivity index (χ2v) is 6.98. The Balaban J connectivity index is 2.04. The van der Waals surface area contributed by atoms with Crippen LogP contribution in [0.2, 0.25) is 5.28 Å². The van der Waals surface area contributed by atoms with Gasteiger partial charge in [0.25, 0.3) is 0 Å². The summed E-state index contributed by atoms with van der Waals surface area (Å²) in [7, 11) is -3.03. The van der Waals surface area contributed by atoms with Crippen LogP contribution in [-0.4, -0.2) is 68.2 Å². The molecule has 1 aromatic heterocycles. The third kappa shape index (κ3) is 4.73. The van der Waals surface area contributed by atoms with Gasteiger partial charge >= 0.3 is 0 Å². The lowest BCUT2D eigenvalue weighted by Gasteiger charge is -2.26. The highest BCUT2D eigenvalue weighted by molar-refractivity contribution is 7.90. The van der Waals surface area contributed by atoms with Crippen LogP contribution in [0, 0.1) is 0 Å². The Kier molecular flexibility index (Phi) is 4.95. The molecule has 20 heavy (non-hydrogen) atoms. The molecular weight excluding hydrogens is 306 g/mol. The van der Waals surface area contributed by atoms with Crippen molar-refractivity contribution < 1.29 is 13.2 Å². The zero-order valence-electron chi connectivity index (χ0n) is 11.0. The summed E-state index contributed by atoms with van der Waals surface area (Å²) < 4.78 is 27.4. The van der Waals surface area contributed by atoms with E-state index in [1.54, 1.807) is 0 Å². The fourth-order valence-electron chi connectivity index (χ4n) is 1.67. The van der Waals surface area contributed by atoms with Gasteiger partial charge in [-0.2, -0.15) is 15.0 Å². The molecule has 112 valence electrons. The van der Waals surface area contributed by atoms with Gasteiger partial charge in [0.15, 0.2) is 0 Å². The largest absolute Gasteiger partial charge is 0.378 e. The minimum absolute atomic E-state index is 0.00316. The molecule has 0 saturated carbocycles. The first-order valence-corrected chi connectivity index (χ1v) is 8.54. The number of hydrogen-bond acceptors (Lipinski definition) is 8. The van der Waals surface area contributed by atoms with Gasteiger partial charge < -0.3 is 15.0 Å². The van der Waals surface area contributed by atoms with Crippen LogP contribution >= 0.6 is 11.6 Å². The molecule has 8 nitrogen and oxygen atoms in total. The van der Waals surface area contributed by atoms with E-state index in [1.165, 1.54) is 6.26 Å². The van der Waals surface area contributed by atoms with Gasteiger partial charge in [-0.15, -0.1) is 0 Å². The standard InChI is InChI=1S/C10H16ClN5O3S/c1-20(17,18)7-2-12-9-13-8(11)14-10(15-9)16-3-5-19-6-4-16/h2-7H2,1H3,(H,12,13,14,15). The van der Waals surface area contributed by atoms with Gasteiger partial charge in [-0.05, 0) is 11.6 Å². The summed E-state index contributed by atoms with van der Waals surface area (Å²) >= 11 is 5.86. The molecule has 1 aliphatic heterocycles. The molecule has 10 heteroatoms. The van der Waals surface area contributed by atoms with E-state index in [4.69, 9.17) is 16.3 Å². The number of nitrogens with zero attached hydrogens (tertiary/aromatic N) is 4. The van der Waals surface area contributed by atoms with E-state index in [0.29, 0.717) is 32.3 Å². The highest BCUT2D eigenvalue weighted by Gasteiger charge is 2.16. The number of sulfone groups is 1. The molecule has 0 unspecified atom stereocenters. The average molecular weight is 322 g/mol. The molecule has 0 amide bonds. The molecule has 0 atom stereocenters. The maximum absolute atomic E-state index is 11.1. The van der Waals surface area contributed by atoms with E-state index in [-0.39, 0.29) is 23.5 Å². The Bertz CT molecular complexity index is 562. The third-order valence-electron chi connectivity index (χ3n) is 2.65. The van der Waals surface area contributed by atoms with Gasteiger partial charge in [-0.3, -0.25) is 0 Å². The van der Waals surface area contributed by atoms with Crippen molar-refractivity contribution in [2.45, 2.75) is 0 Å². The van der Waals surface area contributed by atoms with Gasteiger partial charge in [0.2, 0.25) is 17.2 Å². The lowest BCUT2D eigenvalue weighted by molar-refractivity contribution is 0.122. The van der Waals surface area contributed by atoms with Gasteiger partial charge in [-0.25, -0.2) is 8.42 Å². The van der Waals surface area contributed by atoms with Crippen molar-refractivity contribution in [1.29, 1.82) is 0 Å². The Morgan fingerprint density at radius 3 is 2.65 bits per heavy atom. The molecule has 0 aliphatic carbocycles. The molecule has 1 aromatic rings. The van der Waals surface area contributed by atoms with Crippen molar-refractivity contribution in [2.75, 3.05) is 55.1 Å². The van der Waals surface area contributed by atoms with Crippen LogP contribution in [0.25, 0.3) is 0 Å². The van der Waals surface area contributed by atoms with Crippen molar-refractivity contribution in [3.05, 3.63) is 5.28 Å². The Morgan fingerprint density at radius 2 is 2.00 bits per heavy atom. The molecule has 0 radical (unpaired) electrons. The summed E-state index contributed by atoms with van der Waals surface area (Å²) in [5, 5.41) is 2.91. The van der Waals surface area contributed by atoms with Crippen LogP contribution in [0.15, 0.2) is 0 Å². The zero-order chi connectivity index (χ0) is 14.6. The molecular formula is C10H16ClN5O3S. The Hall–Kier alpha value is -1.19. The second-order valence-electron chi connectivity index (χ2n) is 4.38. The van der Waals surface area contributed by atoms with Crippen molar-refractivity contribution in [1.82, 2.24) is 15.0 Å². The van der Waals surface area contributed by atoms with Crippen LogP contribution in [0.1, 0.15) is 0 Å². The summed E-state index contributed by atoms with van der Waals surface area (Å²) in [4.78, 5) is 14.2. The van der Waals surface area contributed by atoms with Gasteiger partial charge in [0.1, 0.15) is 9.84 Å². The predicted octanol–water partition coefficient (Wildman–Crippen LogP) is -0.182. The van der Waals surface area contributed by atoms with Crippen molar-refractivity contribution in [2.24, 2.45) is 0 Å². The van der Waals surface area contributed by atoms with E-state index in [2.05, 4.69) is 20.3 Å². The van der Waals surface area contributed by atoms with E-state index in [1.807, 2.05) is 4.90 Å². The van der Waals surface area contributed by atoms with Crippen LogP contribution in [0.5, 0.6) is 0 Å². The number of nitrogens with one attached hydrogen (secondary N) is 1. The number of ether oxygens (including phenoxy) is 1. The minimum atomic E-state index is -3.03. The van der Waals surface area contributed by atoms with Crippen LogP contribution < -0.4 is 10.2 Å². The normalized spacial score (nSPS) is 16.2. The maximum Gasteiger partial charge on any atom is 0.231 e. The van der Waals surface area contributed by atoms with Gasteiger partial charge in [0.05, 0.1) is 19.0 Å². The quantitative estimate of drug-likeness (QED) is 0.797. The Labute approximate surface area is 122 Å². The number of morpholine rings is 1. The molecule has 0 aromatic carbocycles. The molecule has 1 N–H and O–H groups in total. The average Bonchev–Trinajstić information content (AvgIpc) is 2.37. The Morgan fingerprint density at radius 1 is 1.30 bits per heavy atom. The minimum Gasteiger partial charge on any atom is -0.378 e. The number of halogens is 1. The monoisotopic (exact) mass is 321 g/mol. The van der Waals surface area contributed by atoms with E-state index < -0.39 is 9.84 Å². The van der Waals surface area contributed by atoms with Crippen LogP contribution in [0.4, 0.5) is 11.9 Å². The number of anilines is 2. The van der Waals surface area contributed by atoms with Crippen LogP contribution in [0.3, 0.4) is 0 Å². The van der Waals surface area contributed by atoms with Crippen molar-refractivity contribution in [3.63, 3.8) is 0 Å². The molecule has 0 bridgehead atoms. The maximum atomic E-state index is 11.1. The molecule has 1 aliphatic rings. The summed E-state index contributed by atoms with van der Waals surface area (Å²) in [6.45, 7) is 2.81. The molecule has 1 saturated heterocycles. The number of hydrogen-bond donors (Lipinski definition) is 1. The van der Waals surface area contributed by atoms with Gasteiger partial charge in [-0.1, -0.05) is 0 Å². The highest BCUT2D eigenvalue weighted by atomic mass is 35.5. The fraction of sp³-hybridized carbons (Fsp3) is 0.700. The SMILES string of the molecule is CS(=O)(=O)CCNc1nc(Cl)nc(N2CCOCC2)n1. The summed E-state index contributed by atoms with van der Waals surface area (Å²) in [6, 6.07) is 0. The zero-order valence-corrected chi connectivity index (χ0v) is 12.6. The summed E-state index contributed by atoms with van der Waals surface area (Å²) in [6.07, 6.45) is 1.17. The second kappa shape index (κ2) is 6.51. The third-order valence-corrected chi connectivity index (χ3v) is 3.76. The predicted molar refractivity (Wildman–Crippen MR) is 76.1 cm³/mol. The summed E-state index contributed by atoms with van der Waals surface area (Å²) in [5.74, 6) is 0.744. The van der Waals surface area contributed by atoms with Crippen LogP contribution in [-0.2, 0) is 14.6 Å². The topological polar surface area (TPSA) is 97.3 Å². The number of rotatable bonds is 5. The lowest BCUT2D eigenvalue weighted by atomic mass is 10.4. The first-order valence-electron chi connectivity index (χ1n) is 6.10. The molecule has 2 rings (SSSR count). The highest BCUT2D eigenvalue weighted by Crippen LogP contribution is 2.14. The van der Waals surface area contributed by atoms with Crippen molar-refractivity contribution >= 4 is 33.3 Å². The summed E-state index contributed by atoms with van der Waals surface area (Å²) in [5.41, 5.74) is 0. The van der Waals surface area contributed by atoms with Gasteiger partial charge in [0, 0.05) is 25.9 Å². The molecule has 2 heterocycles. The molecule has 1 fully saturated rings. The smallest absolute Gasteiger partial charge is 0.231 e. The van der Waals surface area contributed by atoms with E-state index >= 15 is 0 Å². The molecule has 0 spiro atoms. The first kappa shape index (κ1) is 15.2. The van der Waals surface area contributed by atoms with E-state index in [0.717, 1.165) is 0 Å².